The molecule has 0 saturated heterocycles. The van der Waals surface area contributed by atoms with Gasteiger partial charge >= 0.3 is 11.8 Å². The maximum atomic E-state index is 11.5. The van der Waals surface area contributed by atoms with Gasteiger partial charge in [-0.2, -0.15) is 0 Å². The predicted molar refractivity (Wildman–Crippen MR) is 71.1 cm³/mol. The molecule has 0 radical (unpaired) electrons. The largest absolute Gasteiger partial charge is 0.346 e. The number of hydrogen-bond donors (Lipinski definition) is 2. The van der Waals surface area contributed by atoms with E-state index in [1.165, 1.54) is 0 Å². The van der Waals surface area contributed by atoms with E-state index in [-0.39, 0.29) is 6.04 Å². The zero-order valence-corrected chi connectivity index (χ0v) is 11.7. The molecule has 6 heteroatoms. The summed E-state index contributed by atoms with van der Waals surface area (Å²) in [4.78, 5) is 22.9. The molecule has 0 bridgehead atoms. The summed E-state index contributed by atoms with van der Waals surface area (Å²) in [6.07, 6.45) is 0. The SMILES string of the molecule is CC(C)NC(=O)C(=O)Nc1ccc(Br)cc1Cl. The lowest BCUT2D eigenvalue weighted by molar-refractivity contribution is -0.136. The summed E-state index contributed by atoms with van der Waals surface area (Å²) in [5.41, 5.74) is 0.402. The molecule has 0 aliphatic carbocycles. The van der Waals surface area contributed by atoms with E-state index in [4.69, 9.17) is 11.6 Å². The van der Waals surface area contributed by atoms with Crippen molar-refractivity contribution >= 4 is 45.0 Å². The molecule has 17 heavy (non-hydrogen) atoms. The van der Waals surface area contributed by atoms with Crippen LogP contribution in [0.4, 0.5) is 5.69 Å². The van der Waals surface area contributed by atoms with Crippen molar-refractivity contribution in [3.8, 4) is 0 Å². The Morgan fingerprint density at radius 3 is 2.47 bits per heavy atom. The fourth-order valence-corrected chi connectivity index (χ4v) is 1.82. The monoisotopic (exact) mass is 318 g/mol. The number of rotatable bonds is 2. The van der Waals surface area contributed by atoms with Gasteiger partial charge in [-0.15, -0.1) is 0 Å². The van der Waals surface area contributed by atoms with E-state index in [2.05, 4.69) is 26.6 Å². The average Bonchev–Trinajstić information content (AvgIpc) is 2.21. The average molecular weight is 320 g/mol. The van der Waals surface area contributed by atoms with E-state index in [0.29, 0.717) is 10.7 Å². The Bertz CT molecular complexity index is 449. The van der Waals surface area contributed by atoms with Gasteiger partial charge in [0.05, 0.1) is 10.7 Å². The molecule has 2 amide bonds. The van der Waals surface area contributed by atoms with E-state index in [1.54, 1.807) is 32.0 Å². The first-order valence-electron chi connectivity index (χ1n) is 4.97. The number of carbonyl (C=O) groups is 2. The number of anilines is 1. The van der Waals surface area contributed by atoms with Crippen molar-refractivity contribution < 1.29 is 9.59 Å². The first-order valence-corrected chi connectivity index (χ1v) is 6.14. The highest BCUT2D eigenvalue weighted by Crippen LogP contribution is 2.25. The highest BCUT2D eigenvalue weighted by molar-refractivity contribution is 9.10. The molecule has 92 valence electrons. The Labute approximate surface area is 113 Å². The van der Waals surface area contributed by atoms with Crippen LogP contribution in [0.15, 0.2) is 22.7 Å². The van der Waals surface area contributed by atoms with Crippen LogP contribution < -0.4 is 10.6 Å². The summed E-state index contributed by atoms with van der Waals surface area (Å²) in [6, 6.07) is 4.89. The van der Waals surface area contributed by atoms with Gasteiger partial charge in [0.1, 0.15) is 0 Å². The van der Waals surface area contributed by atoms with Crippen molar-refractivity contribution in [1.29, 1.82) is 0 Å². The van der Waals surface area contributed by atoms with Gasteiger partial charge in [-0.3, -0.25) is 9.59 Å². The minimum absolute atomic E-state index is 0.0892. The minimum Gasteiger partial charge on any atom is -0.346 e. The van der Waals surface area contributed by atoms with Crippen molar-refractivity contribution in [1.82, 2.24) is 5.32 Å². The molecule has 1 rings (SSSR count). The van der Waals surface area contributed by atoms with Crippen molar-refractivity contribution in [2.24, 2.45) is 0 Å². The third kappa shape index (κ3) is 4.36. The number of benzene rings is 1. The Kier molecular flexibility index (Phi) is 4.96. The van der Waals surface area contributed by atoms with Gasteiger partial charge in [0.25, 0.3) is 0 Å². The van der Waals surface area contributed by atoms with Gasteiger partial charge in [0.2, 0.25) is 0 Å². The first-order chi connectivity index (χ1) is 7.90. The number of nitrogens with one attached hydrogen (secondary N) is 2. The molecule has 0 atom stereocenters. The lowest BCUT2D eigenvalue weighted by Crippen LogP contribution is -2.39. The molecule has 0 fully saturated rings. The number of hydrogen-bond acceptors (Lipinski definition) is 2. The topological polar surface area (TPSA) is 58.2 Å². The molecule has 1 aromatic carbocycles. The van der Waals surface area contributed by atoms with Crippen molar-refractivity contribution in [3.63, 3.8) is 0 Å². The maximum Gasteiger partial charge on any atom is 0.313 e. The number of halogens is 2. The van der Waals surface area contributed by atoms with E-state index in [1.807, 2.05) is 0 Å². The third-order valence-electron chi connectivity index (χ3n) is 1.81. The quantitative estimate of drug-likeness (QED) is 0.823. The summed E-state index contributed by atoms with van der Waals surface area (Å²) in [7, 11) is 0. The lowest BCUT2D eigenvalue weighted by Gasteiger charge is -2.09. The van der Waals surface area contributed by atoms with Gasteiger partial charge in [-0.25, -0.2) is 0 Å². The predicted octanol–water partition coefficient (Wildman–Crippen LogP) is 2.57. The van der Waals surface area contributed by atoms with E-state index >= 15 is 0 Å². The summed E-state index contributed by atoms with van der Waals surface area (Å²) < 4.78 is 0.798. The normalized spacial score (nSPS) is 10.2. The fourth-order valence-electron chi connectivity index (χ4n) is 1.10. The zero-order chi connectivity index (χ0) is 13.0. The lowest BCUT2D eigenvalue weighted by atomic mass is 10.3. The fraction of sp³-hybridized carbons (Fsp3) is 0.273. The summed E-state index contributed by atoms with van der Waals surface area (Å²) in [6.45, 7) is 3.55. The first kappa shape index (κ1) is 14.0. The second kappa shape index (κ2) is 6.02. The van der Waals surface area contributed by atoms with Gasteiger partial charge in [-0.1, -0.05) is 27.5 Å². The summed E-state index contributed by atoms with van der Waals surface area (Å²) >= 11 is 9.16. The molecule has 0 aromatic heterocycles. The van der Waals surface area contributed by atoms with Crippen LogP contribution in [0.5, 0.6) is 0 Å². The molecule has 0 unspecified atom stereocenters. The van der Waals surface area contributed by atoms with E-state index < -0.39 is 11.8 Å². The van der Waals surface area contributed by atoms with Crippen molar-refractivity contribution in [2.45, 2.75) is 19.9 Å². The molecule has 0 saturated carbocycles. The summed E-state index contributed by atoms with van der Waals surface area (Å²) in [5.74, 6) is -1.41. The molecule has 4 nitrogen and oxygen atoms in total. The summed E-state index contributed by atoms with van der Waals surface area (Å²) in [5, 5.41) is 5.29. The van der Waals surface area contributed by atoms with Gasteiger partial charge < -0.3 is 10.6 Å². The second-order valence-corrected chi connectivity index (χ2v) is 5.03. The molecule has 0 aliphatic rings. The molecule has 0 heterocycles. The van der Waals surface area contributed by atoms with Crippen molar-refractivity contribution in [3.05, 3.63) is 27.7 Å². The second-order valence-electron chi connectivity index (χ2n) is 3.71. The molecular weight excluding hydrogens is 307 g/mol. The number of amides is 2. The van der Waals surface area contributed by atoms with Gasteiger partial charge in [0.15, 0.2) is 0 Å². The third-order valence-corrected chi connectivity index (χ3v) is 2.61. The highest BCUT2D eigenvalue weighted by atomic mass is 79.9. The zero-order valence-electron chi connectivity index (χ0n) is 9.38. The Balaban J connectivity index is 2.71. The van der Waals surface area contributed by atoms with Crippen LogP contribution >= 0.6 is 27.5 Å². The van der Waals surface area contributed by atoms with E-state index in [0.717, 1.165) is 4.47 Å². The van der Waals surface area contributed by atoms with Gasteiger partial charge in [0, 0.05) is 10.5 Å². The smallest absolute Gasteiger partial charge is 0.313 e. The molecule has 1 aromatic rings. The van der Waals surface area contributed by atoms with E-state index in [9.17, 15) is 9.59 Å². The van der Waals surface area contributed by atoms with Crippen LogP contribution in [0, 0.1) is 0 Å². The maximum absolute atomic E-state index is 11.5. The Morgan fingerprint density at radius 2 is 1.94 bits per heavy atom. The van der Waals surface area contributed by atoms with Gasteiger partial charge in [-0.05, 0) is 32.0 Å². The molecular formula is C11H12BrClN2O2. The number of carbonyl (C=O) groups excluding carboxylic acids is 2. The van der Waals surface area contributed by atoms with Crippen LogP contribution in [-0.4, -0.2) is 17.9 Å². The molecule has 2 N–H and O–H groups in total. The minimum atomic E-state index is -0.733. The molecule has 0 aliphatic heterocycles. The van der Waals surface area contributed by atoms with Crippen LogP contribution in [0.2, 0.25) is 5.02 Å². The Morgan fingerprint density at radius 1 is 1.29 bits per heavy atom. The van der Waals surface area contributed by atoms with Crippen LogP contribution in [0.3, 0.4) is 0 Å². The highest BCUT2D eigenvalue weighted by Gasteiger charge is 2.15. The Hall–Kier alpha value is -1.07. The van der Waals surface area contributed by atoms with Crippen LogP contribution in [0.25, 0.3) is 0 Å². The van der Waals surface area contributed by atoms with Crippen molar-refractivity contribution in [2.75, 3.05) is 5.32 Å². The standard InChI is InChI=1S/C11H12BrClN2O2/c1-6(2)14-10(16)11(17)15-9-4-3-7(12)5-8(9)13/h3-6H,1-2H3,(H,14,16)(H,15,17). The van der Waals surface area contributed by atoms with Crippen LogP contribution in [0.1, 0.15) is 13.8 Å². The molecule has 0 spiro atoms. The van der Waals surface area contributed by atoms with Crippen LogP contribution in [-0.2, 0) is 9.59 Å².